The van der Waals surface area contributed by atoms with Crippen LogP contribution >= 0.6 is 0 Å². The van der Waals surface area contributed by atoms with Gasteiger partial charge in [-0.05, 0) is 37.5 Å². The molecule has 2 amide bonds. The third-order valence-corrected chi connectivity index (χ3v) is 3.02. The van der Waals surface area contributed by atoms with Crippen LogP contribution in [0.5, 0.6) is 0 Å². The highest BCUT2D eigenvalue weighted by molar-refractivity contribution is 5.96. The van der Waals surface area contributed by atoms with Crippen LogP contribution in [-0.2, 0) is 4.79 Å². The number of hydrogen-bond acceptors (Lipinski definition) is 3. The fourth-order valence-electron chi connectivity index (χ4n) is 1.87. The van der Waals surface area contributed by atoms with E-state index >= 15 is 0 Å². The van der Waals surface area contributed by atoms with Gasteiger partial charge in [0.15, 0.2) is 0 Å². The zero-order valence-electron chi connectivity index (χ0n) is 12.1. The number of primary amides is 1. The monoisotopic (exact) mass is 288 g/mol. The van der Waals surface area contributed by atoms with Crippen LogP contribution in [0.3, 0.4) is 0 Å². The van der Waals surface area contributed by atoms with Crippen LogP contribution in [0, 0.1) is 18.8 Å². The predicted octanol–water partition coefficient (Wildman–Crippen LogP) is 0.724. The second kappa shape index (κ2) is 8.77. The number of unbranched alkanes of at least 4 members (excludes halogenated alkanes) is 1. The van der Waals surface area contributed by atoms with Gasteiger partial charge in [-0.3, -0.25) is 9.59 Å². The molecule has 0 aliphatic heterocycles. The summed E-state index contributed by atoms with van der Waals surface area (Å²) in [5.41, 5.74) is 7.12. The maximum Gasteiger partial charge on any atom is 0.251 e. The van der Waals surface area contributed by atoms with E-state index in [1.807, 2.05) is 13.0 Å². The Bertz CT molecular complexity index is 571. The third kappa shape index (κ3) is 5.67. The second-order valence-electron chi connectivity index (χ2n) is 4.62. The summed E-state index contributed by atoms with van der Waals surface area (Å²) in [5.74, 6) is 4.89. The number of nitrogens with two attached hydrogens (primary N) is 1. The number of benzene rings is 1. The van der Waals surface area contributed by atoms with E-state index in [1.54, 1.807) is 12.1 Å². The molecule has 0 saturated carbocycles. The molecule has 0 aliphatic rings. The number of carbonyl (C=O) groups is 2. The van der Waals surface area contributed by atoms with Gasteiger partial charge in [0.1, 0.15) is 6.61 Å². The maximum atomic E-state index is 12.1. The van der Waals surface area contributed by atoms with Crippen LogP contribution in [0.1, 0.15) is 40.7 Å². The molecule has 0 heterocycles. The number of nitrogens with one attached hydrogen (secondary N) is 1. The van der Waals surface area contributed by atoms with Gasteiger partial charge in [0.2, 0.25) is 5.91 Å². The Labute approximate surface area is 124 Å². The molecule has 0 aromatic heterocycles. The summed E-state index contributed by atoms with van der Waals surface area (Å²) in [6.07, 6.45) is 1.70. The minimum Gasteiger partial charge on any atom is -0.384 e. The number of carbonyl (C=O) groups excluding carboxylic acids is 2. The average Bonchev–Trinajstić information content (AvgIpc) is 2.45. The average molecular weight is 288 g/mol. The minimum atomic E-state index is -0.327. The van der Waals surface area contributed by atoms with Crippen molar-refractivity contribution in [3.63, 3.8) is 0 Å². The minimum absolute atomic E-state index is 0.167. The van der Waals surface area contributed by atoms with Crippen molar-refractivity contribution in [3.05, 3.63) is 34.9 Å². The van der Waals surface area contributed by atoms with Gasteiger partial charge in [0.25, 0.3) is 5.91 Å². The molecule has 0 unspecified atom stereocenters. The van der Waals surface area contributed by atoms with E-state index in [-0.39, 0.29) is 18.4 Å². The summed E-state index contributed by atoms with van der Waals surface area (Å²) in [6, 6.07) is 5.30. The summed E-state index contributed by atoms with van der Waals surface area (Å²) in [5, 5.41) is 11.5. The Kier molecular flexibility index (Phi) is 6.99. The number of rotatable bonds is 6. The van der Waals surface area contributed by atoms with Crippen molar-refractivity contribution in [3.8, 4) is 11.8 Å². The van der Waals surface area contributed by atoms with Gasteiger partial charge < -0.3 is 16.2 Å². The highest BCUT2D eigenvalue weighted by Crippen LogP contribution is 2.12. The first-order valence-electron chi connectivity index (χ1n) is 6.82. The number of aliphatic hydroxyl groups is 1. The SMILES string of the molecule is Cc1c(C#CCO)cccc1C(=O)NCCCCC(N)=O. The van der Waals surface area contributed by atoms with Crippen LogP contribution in [0.2, 0.25) is 0 Å². The highest BCUT2D eigenvalue weighted by atomic mass is 16.2. The Morgan fingerprint density at radius 3 is 2.76 bits per heavy atom. The van der Waals surface area contributed by atoms with Gasteiger partial charge >= 0.3 is 0 Å². The van der Waals surface area contributed by atoms with Crippen molar-refractivity contribution in [2.75, 3.05) is 13.2 Å². The lowest BCUT2D eigenvalue weighted by Crippen LogP contribution is -2.25. The van der Waals surface area contributed by atoms with E-state index in [0.717, 1.165) is 11.1 Å². The van der Waals surface area contributed by atoms with Crippen molar-refractivity contribution in [2.45, 2.75) is 26.2 Å². The molecule has 0 spiro atoms. The Balaban J connectivity index is 2.60. The molecule has 1 aromatic rings. The van der Waals surface area contributed by atoms with Gasteiger partial charge in [-0.1, -0.05) is 17.9 Å². The molecular formula is C16H20N2O3. The lowest BCUT2D eigenvalue weighted by Gasteiger charge is -2.08. The summed E-state index contributed by atoms with van der Waals surface area (Å²) >= 11 is 0. The highest BCUT2D eigenvalue weighted by Gasteiger charge is 2.10. The zero-order valence-corrected chi connectivity index (χ0v) is 12.1. The van der Waals surface area contributed by atoms with Crippen molar-refractivity contribution in [1.82, 2.24) is 5.32 Å². The van der Waals surface area contributed by atoms with Crippen molar-refractivity contribution in [2.24, 2.45) is 5.73 Å². The van der Waals surface area contributed by atoms with Crippen molar-refractivity contribution < 1.29 is 14.7 Å². The largest absolute Gasteiger partial charge is 0.384 e. The van der Waals surface area contributed by atoms with Gasteiger partial charge in [-0.15, -0.1) is 0 Å². The summed E-state index contributed by atoms with van der Waals surface area (Å²) < 4.78 is 0. The molecular weight excluding hydrogens is 268 g/mol. The molecule has 5 heteroatoms. The fourth-order valence-corrected chi connectivity index (χ4v) is 1.87. The van der Waals surface area contributed by atoms with Crippen LogP contribution in [-0.4, -0.2) is 30.1 Å². The summed E-state index contributed by atoms with van der Waals surface area (Å²) in [6.45, 7) is 2.11. The lowest BCUT2D eigenvalue weighted by molar-refractivity contribution is -0.118. The lowest BCUT2D eigenvalue weighted by atomic mass is 10.0. The Hall–Kier alpha value is -2.32. The summed E-state index contributed by atoms with van der Waals surface area (Å²) in [4.78, 5) is 22.7. The molecule has 1 rings (SSSR count). The topological polar surface area (TPSA) is 92.4 Å². The molecule has 4 N–H and O–H groups in total. The first kappa shape index (κ1) is 16.7. The van der Waals surface area contributed by atoms with E-state index in [2.05, 4.69) is 17.2 Å². The molecule has 112 valence electrons. The van der Waals surface area contributed by atoms with Gasteiger partial charge in [-0.25, -0.2) is 0 Å². The molecule has 0 fully saturated rings. The van der Waals surface area contributed by atoms with E-state index < -0.39 is 0 Å². The van der Waals surface area contributed by atoms with Crippen molar-refractivity contribution in [1.29, 1.82) is 0 Å². The van der Waals surface area contributed by atoms with Gasteiger partial charge in [0, 0.05) is 24.1 Å². The normalized spacial score (nSPS) is 9.62. The zero-order chi connectivity index (χ0) is 15.7. The first-order valence-corrected chi connectivity index (χ1v) is 6.82. The molecule has 0 bridgehead atoms. The smallest absolute Gasteiger partial charge is 0.251 e. The third-order valence-electron chi connectivity index (χ3n) is 3.02. The molecule has 0 atom stereocenters. The van der Waals surface area contributed by atoms with E-state index in [4.69, 9.17) is 10.8 Å². The van der Waals surface area contributed by atoms with Gasteiger partial charge in [-0.2, -0.15) is 0 Å². The second-order valence-corrected chi connectivity index (χ2v) is 4.62. The van der Waals surface area contributed by atoms with Crippen LogP contribution in [0.25, 0.3) is 0 Å². The molecule has 5 nitrogen and oxygen atoms in total. The van der Waals surface area contributed by atoms with Crippen LogP contribution < -0.4 is 11.1 Å². The van der Waals surface area contributed by atoms with Crippen LogP contribution in [0.15, 0.2) is 18.2 Å². The Morgan fingerprint density at radius 1 is 1.33 bits per heavy atom. The molecule has 21 heavy (non-hydrogen) atoms. The number of amides is 2. The quantitative estimate of drug-likeness (QED) is 0.532. The molecule has 0 radical (unpaired) electrons. The van der Waals surface area contributed by atoms with E-state index in [9.17, 15) is 9.59 Å². The molecule has 1 aromatic carbocycles. The van der Waals surface area contributed by atoms with Gasteiger partial charge in [0.05, 0.1) is 0 Å². The number of hydrogen-bond donors (Lipinski definition) is 3. The predicted molar refractivity (Wildman–Crippen MR) is 80.5 cm³/mol. The van der Waals surface area contributed by atoms with Crippen LogP contribution in [0.4, 0.5) is 0 Å². The molecule has 0 saturated heterocycles. The standard InChI is InChI=1S/C16H20N2O3/c1-12-13(7-5-11-19)6-4-8-14(12)16(21)18-10-3-2-9-15(17)20/h4,6,8,19H,2-3,9-11H2,1H3,(H2,17,20)(H,18,21). The summed E-state index contributed by atoms with van der Waals surface area (Å²) in [7, 11) is 0. The first-order chi connectivity index (χ1) is 10.1. The number of aliphatic hydroxyl groups excluding tert-OH is 1. The van der Waals surface area contributed by atoms with E-state index in [0.29, 0.717) is 31.4 Å². The molecule has 0 aliphatic carbocycles. The Morgan fingerprint density at radius 2 is 2.10 bits per heavy atom. The van der Waals surface area contributed by atoms with Crippen molar-refractivity contribution >= 4 is 11.8 Å². The maximum absolute atomic E-state index is 12.1. The fraction of sp³-hybridized carbons (Fsp3) is 0.375. The van der Waals surface area contributed by atoms with E-state index in [1.165, 1.54) is 0 Å².